The number of aryl methyl sites for hydroxylation is 1. The molecule has 0 amide bonds. The smallest absolute Gasteiger partial charge is 0.123 e. The molecule has 23 heavy (non-hydrogen) atoms. The van der Waals surface area contributed by atoms with Gasteiger partial charge < -0.3 is 14.8 Å². The van der Waals surface area contributed by atoms with Gasteiger partial charge in [0.25, 0.3) is 0 Å². The highest BCUT2D eigenvalue weighted by atomic mass is 16.5. The molecule has 2 rings (SSSR count). The molecule has 0 spiro atoms. The highest BCUT2D eigenvalue weighted by molar-refractivity contribution is 5.39. The summed E-state index contributed by atoms with van der Waals surface area (Å²) < 4.78 is 11.7. The van der Waals surface area contributed by atoms with Crippen LogP contribution in [-0.2, 0) is 6.54 Å². The molecule has 0 fully saturated rings. The summed E-state index contributed by atoms with van der Waals surface area (Å²) in [7, 11) is 1.94. The lowest BCUT2D eigenvalue weighted by Crippen LogP contribution is -2.11. The van der Waals surface area contributed by atoms with Crippen LogP contribution >= 0.6 is 0 Å². The van der Waals surface area contributed by atoms with Crippen molar-refractivity contribution in [1.29, 1.82) is 0 Å². The molecule has 3 heteroatoms. The summed E-state index contributed by atoms with van der Waals surface area (Å²) >= 11 is 0. The molecule has 124 valence electrons. The second-order valence-electron chi connectivity index (χ2n) is 6.07. The maximum atomic E-state index is 5.94. The van der Waals surface area contributed by atoms with Crippen LogP contribution < -0.4 is 14.8 Å². The number of benzene rings is 2. The molecular formula is C20H27NO2. The Labute approximate surface area is 139 Å². The first-order valence-corrected chi connectivity index (χ1v) is 8.20. The molecule has 0 aliphatic rings. The first kappa shape index (κ1) is 17.4. The van der Waals surface area contributed by atoms with E-state index < -0.39 is 0 Å². The van der Waals surface area contributed by atoms with Crippen molar-refractivity contribution in [2.75, 3.05) is 20.3 Å². The summed E-state index contributed by atoms with van der Waals surface area (Å²) in [6.07, 6.45) is 0. The van der Waals surface area contributed by atoms with Crippen LogP contribution in [0.2, 0.25) is 0 Å². The standard InChI is InChI=1S/C20H27NO2/c1-15(2)19-9-8-16(3)12-20(19)23-11-10-22-18-7-5-6-17(13-18)14-21-4/h5-9,12-13,15,21H,10-11,14H2,1-4H3. The Hall–Kier alpha value is -2.00. The number of ether oxygens (including phenoxy) is 2. The number of rotatable bonds is 8. The second-order valence-corrected chi connectivity index (χ2v) is 6.07. The molecule has 3 nitrogen and oxygen atoms in total. The molecule has 0 bridgehead atoms. The highest BCUT2D eigenvalue weighted by Gasteiger charge is 2.08. The van der Waals surface area contributed by atoms with Crippen LogP contribution in [0.4, 0.5) is 0 Å². The lowest BCUT2D eigenvalue weighted by atomic mass is 10.0. The zero-order valence-electron chi connectivity index (χ0n) is 14.6. The molecule has 0 saturated heterocycles. The van der Waals surface area contributed by atoms with Gasteiger partial charge in [-0.2, -0.15) is 0 Å². The van der Waals surface area contributed by atoms with Gasteiger partial charge in [-0.05, 0) is 54.8 Å². The van der Waals surface area contributed by atoms with Crippen LogP contribution in [0.1, 0.15) is 36.5 Å². The fourth-order valence-electron chi connectivity index (χ4n) is 2.50. The van der Waals surface area contributed by atoms with Gasteiger partial charge in [-0.1, -0.05) is 38.1 Å². The third-order valence-corrected chi connectivity index (χ3v) is 3.68. The molecule has 0 radical (unpaired) electrons. The minimum Gasteiger partial charge on any atom is -0.490 e. The second kappa shape index (κ2) is 8.59. The SMILES string of the molecule is CNCc1cccc(OCCOc2cc(C)ccc2C(C)C)c1. The van der Waals surface area contributed by atoms with Crippen molar-refractivity contribution >= 4 is 0 Å². The molecule has 2 aromatic carbocycles. The molecule has 0 aromatic heterocycles. The van der Waals surface area contributed by atoms with Crippen LogP contribution in [0.25, 0.3) is 0 Å². The topological polar surface area (TPSA) is 30.5 Å². The fraction of sp³-hybridized carbons (Fsp3) is 0.400. The van der Waals surface area contributed by atoms with E-state index in [1.165, 1.54) is 16.7 Å². The van der Waals surface area contributed by atoms with Crippen molar-refractivity contribution < 1.29 is 9.47 Å². The largest absolute Gasteiger partial charge is 0.490 e. The molecule has 2 aromatic rings. The summed E-state index contributed by atoms with van der Waals surface area (Å²) in [6, 6.07) is 14.5. The van der Waals surface area contributed by atoms with E-state index in [2.05, 4.69) is 56.4 Å². The lowest BCUT2D eigenvalue weighted by molar-refractivity contribution is 0.215. The summed E-state index contributed by atoms with van der Waals surface area (Å²) in [4.78, 5) is 0. The summed E-state index contributed by atoms with van der Waals surface area (Å²) in [5.41, 5.74) is 3.67. The number of nitrogens with one attached hydrogen (secondary N) is 1. The summed E-state index contributed by atoms with van der Waals surface area (Å²) in [5.74, 6) is 2.30. The Morgan fingerprint density at radius 3 is 2.52 bits per heavy atom. The zero-order valence-corrected chi connectivity index (χ0v) is 14.6. The van der Waals surface area contributed by atoms with E-state index >= 15 is 0 Å². The van der Waals surface area contributed by atoms with Crippen LogP contribution in [-0.4, -0.2) is 20.3 Å². The molecule has 0 unspecified atom stereocenters. The third-order valence-electron chi connectivity index (χ3n) is 3.68. The van der Waals surface area contributed by atoms with Gasteiger partial charge in [-0.3, -0.25) is 0 Å². The first-order chi connectivity index (χ1) is 11.1. The van der Waals surface area contributed by atoms with Gasteiger partial charge in [-0.15, -0.1) is 0 Å². The maximum Gasteiger partial charge on any atom is 0.123 e. The molecule has 0 atom stereocenters. The van der Waals surface area contributed by atoms with E-state index in [1.54, 1.807) is 0 Å². The van der Waals surface area contributed by atoms with Gasteiger partial charge in [-0.25, -0.2) is 0 Å². The molecule has 0 aliphatic heterocycles. The van der Waals surface area contributed by atoms with E-state index in [0.29, 0.717) is 19.1 Å². The van der Waals surface area contributed by atoms with Crippen molar-refractivity contribution in [3.05, 3.63) is 59.2 Å². The molecular weight excluding hydrogens is 286 g/mol. The van der Waals surface area contributed by atoms with Crippen molar-refractivity contribution in [2.45, 2.75) is 33.2 Å². The van der Waals surface area contributed by atoms with Crippen molar-refractivity contribution in [3.63, 3.8) is 0 Å². The quantitative estimate of drug-likeness (QED) is 0.737. The van der Waals surface area contributed by atoms with Crippen molar-refractivity contribution in [2.24, 2.45) is 0 Å². The number of hydrogen-bond donors (Lipinski definition) is 1. The average Bonchev–Trinajstić information content (AvgIpc) is 2.52. The Kier molecular flexibility index (Phi) is 6.48. The average molecular weight is 313 g/mol. The monoisotopic (exact) mass is 313 g/mol. The Morgan fingerprint density at radius 2 is 1.78 bits per heavy atom. The molecule has 1 N–H and O–H groups in total. The van der Waals surface area contributed by atoms with Gasteiger partial charge in [0.1, 0.15) is 24.7 Å². The van der Waals surface area contributed by atoms with Crippen molar-refractivity contribution in [3.8, 4) is 11.5 Å². The molecule has 0 saturated carbocycles. The number of hydrogen-bond acceptors (Lipinski definition) is 3. The highest BCUT2D eigenvalue weighted by Crippen LogP contribution is 2.27. The van der Waals surface area contributed by atoms with E-state index in [-0.39, 0.29) is 0 Å². The molecule has 0 aliphatic carbocycles. The van der Waals surface area contributed by atoms with Crippen molar-refractivity contribution in [1.82, 2.24) is 5.32 Å². The van der Waals surface area contributed by atoms with E-state index in [9.17, 15) is 0 Å². The Balaban J connectivity index is 1.88. The molecule has 0 heterocycles. The Morgan fingerprint density at radius 1 is 1.00 bits per heavy atom. The van der Waals surface area contributed by atoms with Crippen LogP contribution in [0.5, 0.6) is 11.5 Å². The normalized spacial score (nSPS) is 10.8. The third kappa shape index (κ3) is 5.29. The van der Waals surface area contributed by atoms with E-state index in [4.69, 9.17) is 9.47 Å². The maximum absolute atomic E-state index is 5.94. The minimum absolute atomic E-state index is 0.449. The predicted octanol–water partition coefficient (Wildman–Crippen LogP) is 4.30. The van der Waals surface area contributed by atoms with E-state index in [0.717, 1.165) is 18.0 Å². The summed E-state index contributed by atoms with van der Waals surface area (Å²) in [5, 5.41) is 3.14. The Bertz CT molecular complexity index is 623. The first-order valence-electron chi connectivity index (χ1n) is 8.20. The zero-order chi connectivity index (χ0) is 16.7. The fourth-order valence-corrected chi connectivity index (χ4v) is 2.50. The van der Waals surface area contributed by atoms with Gasteiger partial charge >= 0.3 is 0 Å². The van der Waals surface area contributed by atoms with Gasteiger partial charge in [0.05, 0.1) is 0 Å². The van der Waals surface area contributed by atoms with Crippen LogP contribution in [0.15, 0.2) is 42.5 Å². The van der Waals surface area contributed by atoms with Crippen LogP contribution in [0, 0.1) is 6.92 Å². The van der Waals surface area contributed by atoms with Gasteiger partial charge in [0.15, 0.2) is 0 Å². The van der Waals surface area contributed by atoms with Gasteiger partial charge in [0.2, 0.25) is 0 Å². The van der Waals surface area contributed by atoms with E-state index in [1.807, 2.05) is 19.2 Å². The van der Waals surface area contributed by atoms with Crippen LogP contribution in [0.3, 0.4) is 0 Å². The minimum atomic E-state index is 0.449. The van der Waals surface area contributed by atoms with Gasteiger partial charge in [0, 0.05) is 6.54 Å². The lowest BCUT2D eigenvalue weighted by Gasteiger charge is -2.15. The summed E-state index contributed by atoms with van der Waals surface area (Å²) in [6.45, 7) is 8.37. The predicted molar refractivity (Wildman–Crippen MR) is 95.5 cm³/mol.